The number of hydrogen-bond donors (Lipinski definition) is 0. The summed E-state index contributed by atoms with van der Waals surface area (Å²) in [4.78, 5) is 0. The smallest absolute Gasteiger partial charge is 0.169 e. The zero-order valence-electron chi connectivity index (χ0n) is 79.7. The third-order valence-corrected chi connectivity index (χ3v) is 33.3. The molecule has 0 saturated carbocycles. The number of rotatable bonds is 9. The van der Waals surface area contributed by atoms with Gasteiger partial charge in [-0.05, 0) is 214 Å². The molecule has 0 aliphatic heterocycles. The number of hydrogen-bond acceptors (Lipinski definition) is 9. The lowest BCUT2D eigenvalue weighted by Crippen LogP contribution is -2.26. The molecule has 0 bridgehead atoms. The van der Waals surface area contributed by atoms with Crippen molar-refractivity contribution in [2.24, 2.45) is 0 Å². The molecule has 0 unspecified atom stereocenters. The Morgan fingerprint density at radius 2 is 0.531 bits per heavy atom. The van der Waals surface area contributed by atoms with Crippen molar-refractivity contribution < 1.29 is 4.42 Å². The van der Waals surface area contributed by atoms with E-state index in [0.29, 0.717) is 0 Å². The Hall–Kier alpha value is -18.7. The van der Waals surface area contributed by atoms with Crippen LogP contribution in [0.4, 0.5) is 0 Å². The maximum atomic E-state index is 6.30. The molecule has 30 aromatic rings. The molecule has 2 aliphatic carbocycles. The molecule has 32 rings (SSSR count). The van der Waals surface area contributed by atoms with E-state index in [1.807, 2.05) is 77.3 Å². The summed E-state index contributed by atoms with van der Waals surface area (Å²) in [5.74, 6) is 2.55. The molecular formula is C135H83N9OS2. The summed E-state index contributed by atoms with van der Waals surface area (Å²) in [5, 5.41) is 46.0. The molecule has 0 N–H and O–H groups in total. The first-order valence-electron chi connectivity index (χ1n) is 49.9. The van der Waals surface area contributed by atoms with Crippen LogP contribution < -0.4 is 0 Å². The van der Waals surface area contributed by atoms with E-state index in [-0.39, 0.29) is 0 Å². The van der Waals surface area contributed by atoms with Gasteiger partial charge in [0.15, 0.2) is 34.4 Å². The van der Waals surface area contributed by atoms with E-state index in [0.717, 1.165) is 128 Å². The van der Waals surface area contributed by atoms with E-state index in [4.69, 9.17) is 14.6 Å². The average Bonchev–Trinajstić information content (AvgIpc) is 1.50. The lowest BCUT2D eigenvalue weighted by molar-refractivity contribution is 0.670. The number of nitrogens with zero attached hydrogens (tertiary/aromatic N) is 9. The van der Waals surface area contributed by atoms with E-state index < -0.39 is 5.41 Å². The van der Waals surface area contributed by atoms with Gasteiger partial charge in [0, 0.05) is 106 Å². The number of para-hydroxylation sites is 2. The summed E-state index contributed by atoms with van der Waals surface area (Å²) in [6.45, 7) is 4.48. The van der Waals surface area contributed by atoms with Crippen molar-refractivity contribution in [1.29, 1.82) is 0 Å². The zero-order valence-corrected chi connectivity index (χ0v) is 81.3. The highest BCUT2D eigenvalue weighted by molar-refractivity contribution is 7.26. The minimum atomic E-state index is -0.485. The van der Waals surface area contributed by atoms with Crippen molar-refractivity contribution in [3.63, 3.8) is 0 Å². The third kappa shape index (κ3) is 12.9. The summed E-state index contributed by atoms with van der Waals surface area (Å²) in [6, 6.07) is 169. The number of benzene rings is 21. The van der Waals surface area contributed by atoms with Crippen LogP contribution in [0.2, 0.25) is 0 Å². The average molecular weight is 1910 g/mol. The Kier molecular flexibility index (Phi) is 19.0. The predicted octanol–water partition coefficient (Wildman–Crippen LogP) is 35.7. The fourth-order valence-corrected chi connectivity index (χ4v) is 26.6. The largest absolute Gasteiger partial charge is 0.455 e. The van der Waals surface area contributed by atoms with Crippen LogP contribution in [0.1, 0.15) is 33.4 Å². The summed E-state index contributed by atoms with van der Waals surface area (Å²) in [5.41, 5.74) is 38.1. The summed E-state index contributed by atoms with van der Waals surface area (Å²) in [7, 11) is 0. The fraction of sp³-hybridized carbons (Fsp3) is 0.0222. The molecule has 0 radical (unpaired) electrons. The van der Waals surface area contributed by atoms with Gasteiger partial charge in [0.1, 0.15) is 11.2 Å². The van der Waals surface area contributed by atoms with Crippen molar-refractivity contribution in [3.8, 4) is 123 Å². The zero-order chi connectivity index (χ0) is 96.8. The number of pyridine rings is 3. The first kappa shape index (κ1) is 84.0. The first-order chi connectivity index (χ1) is 72.7. The SMILES string of the molecule is Cc1cc(-c2cccc3c2sc2ccccc23)c(C)cc1-c1ccc2c(c1)c1ccccc1c1nnc(-c3ccccc3)n21.c1ccc(-c2nnc3c4ccccc4c4cc(-c5ccc(-c6cccc7c6oc6ccccc67)cc5)ccc4n23)cc1.c1ccc(-c2nnc3c4ccccc4c4cc(-c5ccc6c(c5)C5(c7ccccc7-c7ccccc75)c5cc(-c7cccc8c7sc7ccccc78)ccc5-6)ccc4n23)cc1. The molecule has 147 heavy (non-hydrogen) atoms. The van der Waals surface area contributed by atoms with Crippen LogP contribution in [0.5, 0.6) is 0 Å². The fourth-order valence-electron chi connectivity index (χ4n) is 24.1. The lowest BCUT2D eigenvalue weighted by Gasteiger charge is -2.31. The molecule has 12 heteroatoms. The lowest BCUT2D eigenvalue weighted by atomic mass is 9.70. The quantitative estimate of drug-likeness (QED) is 0.133. The Morgan fingerprint density at radius 3 is 1.05 bits per heavy atom. The van der Waals surface area contributed by atoms with Gasteiger partial charge >= 0.3 is 0 Å². The number of aryl methyl sites for hydroxylation is 2. The molecule has 21 aromatic carbocycles. The molecule has 10 nitrogen and oxygen atoms in total. The molecule has 0 atom stereocenters. The van der Waals surface area contributed by atoms with Crippen LogP contribution in [0.3, 0.4) is 0 Å². The molecular weight excluding hydrogens is 1830 g/mol. The van der Waals surface area contributed by atoms with Crippen LogP contribution in [0, 0.1) is 13.8 Å². The number of aromatic nitrogens is 9. The van der Waals surface area contributed by atoms with Gasteiger partial charge < -0.3 is 4.42 Å². The Balaban J connectivity index is 0.000000105. The second-order valence-electron chi connectivity index (χ2n) is 38.7. The van der Waals surface area contributed by atoms with Gasteiger partial charge in [0.25, 0.3) is 0 Å². The molecule has 1 spiro atoms. The van der Waals surface area contributed by atoms with Crippen molar-refractivity contribution >= 4 is 167 Å². The first-order valence-corrected chi connectivity index (χ1v) is 51.6. The van der Waals surface area contributed by atoms with Crippen LogP contribution >= 0.6 is 22.7 Å². The van der Waals surface area contributed by atoms with Gasteiger partial charge in [-0.1, -0.05) is 400 Å². The molecule has 9 aromatic heterocycles. The highest BCUT2D eigenvalue weighted by Gasteiger charge is 2.52. The number of fused-ring (bicyclic) bond motifs is 37. The second kappa shape index (κ2) is 33.2. The van der Waals surface area contributed by atoms with E-state index in [1.54, 1.807) is 0 Å². The minimum absolute atomic E-state index is 0.485. The Bertz CT molecular complexity index is 10700. The van der Waals surface area contributed by atoms with Gasteiger partial charge in [-0.3, -0.25) is 13.2 Å². The molecule has 0 saturated heterocycles. The van der Waals surface area contributed by atoms with Crippen LogP contribution in [0.15, 0.2) is 472 Å². The number of furan rings is 1. The van der Waals surface area contributed by atoms with Gasteiger partial charge in [0.2, 0.25) is 0 Å². The van der Waals surface area contributed by atoms with Crippen molar-refractivity contribution in [1.82, 2.24) is 43.8 Å². The van der Waals surface area contributed by atoms with Crippen molar-refractivity contribution in [2.75, 3.05) is 0 Å². The van der Waals surface area contributed by atoms with E-state index in [2.05, 4.69) is 460 Å². The third-order valence-electron chi connectivity index (χ3n) is 30.8. The molecule has 0 fully saturated rings. The van der Waals surface area contributed by atoms with Crippen LogP contribution in [0.25, 0.3) is 267 Å². The standard InChI is InChI=1S/C57H33N3S.C40H27N3S.C38H23N3O/c1-2-13-34(14-3-1)55-58-59-56-46-19-5-4-15-39(46)47-31-35(27-30-52(47)60(55)56)36-25-28-42-43-29-26-37(38-20-12-21-45-44-18-8-11-24-53(44)61-54(38)45)33-51(43)57(50(42)32-36)48-22-9-6-16-40(48)41-17-7-10-23-49(41)57;1-24-22-34(31-17-10-16-30-29-14-8-9-18-37(29)44-38(30)31)25(2)21-33(24)27-19-20-36-35(23-27)28-13-6-7-15-32(28)40-42-41-39(43(36)40)26-11-4-3-5-12-26;1-2-9-26(10-3-1)37-39-40-38-32-13-5-4-11-29(32)33-23-27(21-22-34(33)41(37)38)24-17-19-25(20-18-24)28-14-8-15-31-30-12-6-7-16-35(30)42-36(28)31/h1-33H;3-23H,1-2H3;1-23H. The summed E-state index contributed by atoms with van der Waals surface area (Å²) in [6.07, 6.45) is 0. The van der Waals surface area contributed by atoms with Crippen LogP contribution in [-0.4, -0.2) is 43.8 Å². The normalized spacial score (nSPS) is 12.5. The molecule has 686 valence electrons. The monoisotopic (exact) mass is 1910 g/mol. The number of thiophene rings is 2. The van der Waals surface area contributed by atoms with Gasteiger partial charge in [0.05, 0.1) is 22.0 Å². The summed E-state index contributed by atoms with van der Waals surface area (Å²) >= 11 is 3.79. The molecule has 9 heterocycles. The van der Waals surface area contributed by atoms with E-state index in [1.165, 1.54) is 173 Å². The Labute approximate surface area is 851 Å². The predicted molar refractivity (Wildman–Crippen MR) is 612 cm³/mol. The van der Waals surface area contributed by atoms with Crippen molar-refractivity contribution in [3.05, 3.63) is 500 Å². The van der Waals surface area contributed by atoms with Gasteiger partial charge in [-0.25, -0.2) is 0 Å². The maximum absolute atomic E-state index is 6.30. The summed E-state index contributed by atoms with van der Waals surface area (Å²) < 4.78 is 18.3. The minimum Gasteiger partial charge on any atom is -0.455 e. The highest BCUT2D eigenvalue weighted by atomic mass is 32.1. The van der Waals surface area contributed by atoms with E-state index in [9.17, 15) is 0 Å². The van der Waals surface area contributed by atoms with E-state index >= 15 is 0 Å². The molecule has 0 amide bonds. The van der Waals surface area contributed by atoms with Crippen LogP contribution in [-0.2, 0) is 5.41 Å². The second-order valence-corrected chi connectivity index (χ2v) is 40.8. The maximum Gasteiger partial charge on any atom is 0.169 e. The Morgan fingerprint density at radius 1 is 0.197 bits per heavy atom. The topological polar surface area (TPSA) is 104 Å². The van der Waals surface area contributed by atoms with Crippen molar-refractivity contribution in [2.45, 2.75) is 19.3 Å². The highest BCUT2D eigenvalue weighted by Crippen LogP contribution is 2.64. The van der Waals surface area contributed by atoms with Gasteiger partial charge in [-0.15, -0.1) is 53.3 Å². The van der Waals surface area contributed by atoms with Gasteiger partial charge in [-0.2, -0.15) is 0 Å². The molecule has 2 aliphatic rings.